The van der Waals surface area contributed by atoms with E-state index in [0.717, 1.165) is 22.6 Å². The highest BCUT2D eigenvalue weighted by atomic mass is 16.5. The number of nitrogens with one attached hydrogen (secondary N) is 1. The van der Waals surface area contributed by atoms with Crippen molar-refractivity contribution in [3.8, 4) is 5.75 Å². The van der Waals surface area contributed by atoms with Gasteiger partial charge in [0.25, 0.3) is 5.91 Å². The van der Waals surface area contributed by atoms with Crippen LogP contribution in [0.25, 0.3) is 0 Å². The number of amides is 1. The minimum Gasteiger partial charge on any atom is -0.492 e. The maximum absolute atomic E-state index is 12.0. The molecule has 0 aliphatic carbocycles. The third kappa shape index (κ3) is 3.99. The van der Waals surface area contributed by atoms with Gasteiger partial charge < -0.3 is 15.8 Å². The largest absolute Gasteiger partial charge is 0.492 e. The van der Waals surface area contributed by atoms with E-state index in [4.69, 9.17) is 10.5 Å². The van der Waals surface area contributed by atoms with E-state index in [0.29, 0.717) is 18.7 Å². The fourth-order valence-electron chi connectivity index (χ4n) is 1.99. The van der Waals surface area contributed by atoms with E-state index in [1.165, 1.54) is 0 Å². The van der Waals surface area contributed by atoms with Gasteiger partial charge in [-0.05, 0) is 49.2 Å². The summed E-state index contributed by atoms with van der Waals surface area (Å²) in [6, 6.07) is 13.0. The Morgan fingerprint density at radius 3 is 2.62 bits per heavy atom. The molecule has 0 saturated heterocycles. The van der Waals surface area contributed by atoms with Gasteiger partial charge in [0.1, 0.15) is 12.4 Å². The molecule has 1 amide bonds. The number of anilines is 1. The molecule has 21 heavy (non-hydrogen) atoms. The molecule has 2 rings (SSSR count). The van der Waals surface area contributed by atoms with E-state index in [9.17, 15) is 4.79 Å². The molecule has 3 N–H and O–H groups in total. The Bertz CT molecular complexity index is 638. The summed E-state index contributed by atoms with van der Waals surface area (Å²) in [7, 11) is 0. The fraction of sp³-hybridized carbons (Fsp3) is 0.235. The number of rotatable bonds is 5. The molecule has 4 heteroatoms. The highest BCUT2D eigenvalue weighted by molar-refractivity contribution is 5.95. The number of hydrogen-bond acceptors (Lipinski definition) is 3. The van der Waals surface area contributed by atoms with Crippen molar-refractivity contribution >= 4 is 11.6 Å². The first-order valence-corrected chi connectivity index (χ1v) is 6.90. The van der Waals surface area contributed by atoms with Crippen LogP contribution in [0.2, 0.25) is 0 Å². The van der Waals surface area contributed by atoms with Crippen molar-refractivity contribution in [1.29, 1.82) is 0 Å². The molecular formula is C17H20N2O2. The van der Waals surface area contributed by atoms with Gasteiger partial charge in [-0.3, -0.25) is 4.79 Å². The van der Waals surface area contributed by atoms with Gasteiger partial charge in [0, 0.05) is 11.3 Å². The number of carbonyl (C=O) groups excluding carboxylic acids is 1. The van der Waals surface area contributed by atoms with E-state index in [2.05, 4.69) is 5.32 Å². The van der Waals surface area contributed by atoms with Crippen LogP contribution in [-0.4, -0.2) is 19.1 Å². The third-order valence-corrected chi connectivity index (χ3v) is 3.29. The average Bonchev–Trinajstić information content (AvgIpc) is 2.47. The van der Waals surface area contributed by atoms with Crippen molar-refractivity contribution in [3.05, 3.63) is 59.2 Å². The van der Waals surface area contributed by atoms with Gasteiger partial charge in [-0.2, -0.15) is 0 Å². The molecule has 0 bridgehead atoms. The van der Waals surface area contributed by atoms with Gasteiger partial charge in [-0.15, -0.1) is 0 Å². The molecule has 0 aliphatic rings. The van der Waals surface area contributed by atoms with Crippen LogP contribution in [0.3, 0.4) is 0 Å². The number of ether oxygens (including phenoxy) is 1. The van der Waals surface area contributed by atoms with Crippen molar-refractivity contribution in [3.63, 3.8) is 0 Å². The van der Waals surface area contributed by atoms with Gasteiger partial charge in [-0.25, -0.2) is 0 Å². The zero-order valence-electron chi connectivity index (χ0n) is 12.3. The summed E-state index contributed by atoms with van der Waals surface area (Å²) in [6.07, 6.45) is 0. The number of hydrogen-bond donors (Lipinski definition) is 2. The predicted octanol–water partition coefficient (Wildman–Crippen LogP) is 2.69. The molecule has 0 radical (unpaired) electrons. The highest BCUT2D eigenvalue weighted by Crippen LogP contribution is 2.18. The summed E-state index contributed by atoms with van der Waals surface area (Å²) in [5.74, 6) is 0.678. The molecule has 0 fully saturated rings. The lowest BCUT2D eigenvalue weighted by molar-refractivity contribution is 0.0946. The molecule has 2 aromatic carbocycles. The van der Waals surface area contributed by atoms with E-state index < -0.39 is 0 Å². The van der Waals surface area contributed by atoms with Crippen LogP contribution in [0.1, 0.15) is 21.5 Å². The normalized spacial score (nSPS) is 10.2. The Morgan fingerprint density at radius 2 is 1.90 bits per heavy atom. The summed E-state index contributed by atoms with van der Waals surface area (Å²) in [5, 5.41) is 2.85. The molecular weight excluding hydrogens is 264 g/mol. The number of nitrogen functional groups attached to an aromatic ring is 1. The van der Waals surface area contributed by atoms with Gasteiger partial charge in [0.15, 0.2) is 0 Å². The smallest absolute Gasteiger partial charge is 0.251 e. The Balaban J connectivity index is 1.81. The van der Waals surface area contributed by atoms with Gasteiger partial charge in [0.2, 0.25) is 0 Å². The second-order valence-corrected chi connectivity index (χ2v) is 4.94. The molecule has 0 aromatic heterocycles. The van der Waals surface area contributed by atoms with Crippen LogP contribution in [-0.2, 0) is 0 Å². The topological polar surface area (TPSA) is 64.3 Å². The minimum atomic E-state index is -0.0785. The van der Waals surface area contributed by atoms with Gasteiger partial charge in [-0.1, -0.05) is 18.2 Å². The van der Waals surface area contributed by atoms with E-state index in [1.54, 1.807) is 0 Å². The predicted molar refractivity (Wildman–Crippen MR) is 84.6 cm³/mol. The number of benzene rings is 2. The van der Waals surface area contributed by atoms with Crippen LogP contribution >= 0.6 is 0 Å². The maximum atomic E-state index is 12.0. The second kappa shape index (κ2) is 6.79. The summed E-state index contributed by atoms with van der Waals surface area (Å²) in [6.45, 7) is 4.72. The summed E-state index contributed by atoms with van der Waals surface area (Å²) in [5.41, 5.74) is 9.14. The molecule has 0 unspecified atom stereocenters. The van der Waals surface area contributed by atoms with Crippen LogP contribution in [0, 0.1) is 13.8 Å². The average molecular weight is 284 g/mol. The second-order valence-electron chi connectivity index (χ2n) is 4.94. The number of nitrogens with two attached hydrogens (primary N) is 1. The minimum absolute atomic E-state index is 0.0785. The molecule has 0 atom stereocenters. The summed E-state index contributed by atoms with van der Waals surface area (Å²) < 4.78 is 5.59. The van der Waals surface area contributed by atoms with E-state index in [1.807, 2.05) is 56.3 Å². The highest BCUT2D eigenvalue weighted by Gasteiger charge is 2.07. The van der Waals surface area contributed by atoms with Gasteiger partial charge >= 0.3 is 0 Å². The number of aryl methyl sites for hydroxylation is 2. The monoisotopic (exact) mass is 284 g/mol. The SMILES string of the molecule is Cc1cc(OCCNC(=O)c2ccccc2C)ccc1N. The standard InChI is InChI=1S/C17H20N2O2/c1-12-5-3-4-6-15(12)17(20)19-9-10-21-14-7-8-16(18)13(2)11-14/h3-8,11H,9-10,18H2,1-2H3,(H,19,20). The summed E-state index contributed by atoms with van der Waals surface area (Å²) in [4.78, 5) is 12.0. The molecule has 0 heterocycles. The lowest BCUT2D eigenvalue weighted by Gasteiger charge is -2.10. The van der Waals surface area contributed by atoms with Crippen LogP contribution < -0.4 is 15.8 Å². The Morgan fingerprint density at radius 1 is 1.14 bits per heavy atom. The number of carbonyl (C=O) groups is 1. The molecule has 0 spiro atoms. The van der Waals surface area contributed by atoms with E-state index in [-0.39, 0.29) is 5.91 Å². The lowest BCUT2D eigenvalue weighted by atomic mass is 10.1. The van der Waals surface area contributed by atoms with E-state index >= 15 is 0 Å². The first-order chi connectivity index (χ1) is 10.1. The van der Waals surface area contributed by atoms with Crippen molar-refractivity contribution < 1.29 is 9.53 Å². The zero-order chi connectivity index (χ0) is 15.2. The Hall–Kier alpha value is -2.49. The molecule has 2 aromatic rings. The zero-order valence-corrected chi connectivity index (χ0v) is 12.3. The third-order valence-electron chi connectivity index (χ3n) is 3.29. The quantitative estimate of drug-likeness (QED) is 0.655. The summed E-state index contributed by atoms with van der Waals surface area (Å²) >= 11 is 0. The lowest BCUT2D eigenvalue weighted by Crippen LogP contribution is -2.28. The van der Waals surface area contributed by atoms with Crippen molar-refractivity contribution in [2.24, 2.45) is 0 Å². The fourth-order valence-corrected chi connectivity index (χ4v) is 1.99. The molecule has 4 nitrogen and oxygen atoms in total. The van der Waals surface area contributed by atoms with Crippen molar-refractivity contribution in [2.75, 3.05) is 18.9 Å². The first kappa shape index (κ1) is 14.9. The molecule has 0 aliphatic heterocycles. The van der Waals surface area contributed by atoms with Crippen LogP contribution in [0.15, 0.2) is 42.5 Å². The molecule has 110 valence electrons. The van der Waals surface area contributed by atoms with Crippen LogP contribution in [0.4, 0.5) is 5.69 Å². The van der Waals surface area contributed by atoms with Crippen LogP contribution in [0.5, 0.6) is 5.75 Å². The first-order valence-electron chi connectivity index (χ1n) is 6.90. The Labute approximate surface area is 124 Å². The van der Waals surface area contributed by atoms with Crippen molar-refractivity contribution in [1.82, 2.24) is 5.32 Å². The van der Waals surface area contributed by atoms with Gasteiger partial charge in [0.05, 0.1) is 6.54 Å². The Kier molecular flexibility index (Phi) is 4.82. The van der Waals surface area contributed by atoms with Crippen molar-refractivity contribution in [2.45, 2.75) is 13.8 Å². The molecule has 0 saturated carbocycles. The maximum Gasteiger partial charge on any atom is 0.251 e.